The number of carboxylic acid groups (broad SMARTS) is 1. The fourth-order valence-corrected chi connectivity index (χ4v) is 3.76. The summed E-state index contributed by atoms with van der Waals surface area (Å²) in [6.45, 7) is 4.12. The van der Waals surface area contributed by atoms with E-state index in [1.165, 1.54) is 0 Å². The van der Waals surface area contributed by atoms with Crippen molar-refractivity contribution >= 4 is 11.9 Å². The second-order valence-electron chi connectivity index (χ2n) is 6.81. The second-order valence-corrected chi connectivity index (χ2v) is 6.81. The van der Waals surface area contributed by atoms with Crippen LogP contribution in [-0.2, 0) is 22.5 Å². The third kappa shape index (κ3) is 2.88. The van der Waals surface area contributed by atoms with Gasteiger partial charge in [-0.25, -0.2) is 4.79 Å². The van der Waals surface area contributed by atoms with Gasteiger partial charge in [0.05, 0.1) is 23.9 Å². The van der Waals surface area contributed by atoms with Gasteiger partial charge in [-0.1, -0.05) is 12.1 Å². The van der Waals surface area contributed by atoms with Crippen LogP contribution in [0.5, 0.6) is 0 Å². The SMILES string of the molecule is CC(=O)N1CCc2c(c(-c3cccc(C(=O)O)c3)nn2C2CCOC2)C1. The number of benzene rings is 1. The van der Waals surface area contributed by atoms with E-state index in [0.717, 1.165) is 42.0 Å². The minimum absolute atomic E-state index is 0.0397. The molecule has 2 aliphatic heterocycles. The van der Waals surface area contributed by atoms with Crippen LogP contribution in [0.1, 0.15) is 41.0 Å². The molecule has 1 aromatic heterocycles. The smallest absolute Gasteiger partial charge is 0.335 e. The van der Waals surface area contributed by atoms with E-state index in [1.54, 1.807) is 25.1 Å². The molecule has 0 radical (unpaired) electrons. The Labute approximate surface area is 151 Å². The van der Waals surface area contributed by atoms with Gasteiger partial charge in [0.15, 0.2) is 0 Å². The van der Waals surface area contributed by atoms with Gasteiger partial charge in [0.25, 0.3) is 0 Å². The Hall–Kier alpha value is -2.67. The summed E-state index contributed by atoms with van der Waals surface area (Å²) in [6, 6.07) is 7.02. The van der Waals surface area contributed by atoms with Crippen molar-refractivity contribution in [1.29, 1.82) is 0 Å². The molecule has 7 heteroatoms. The first-order valence-electron chi connectivity index (χ1n) is 8.82. The van der Waals surface area contributed by atoms with Gasteiger partial charge in [-0.05, 0) is 18.6 Å². The van der Waals surface area contributed by atoms with Gasteiger partial charge in [0.2, 0.25) is 5.91 Å². The van der Waals surface area contributed by atoms with Crippen LogP contribution >= 0.6 is 0 Å². The van der Waals surface area contributed by atoms with Crippen molar-refractivity contribution in [3.8, 4) is 11.3 Å². The van der Waals surface area contributed by atoms with Gasteiger partial charge >= 0.3 is 5.97 Å². The van der Waals surface area contributed by atoms with Crippen LogP contribution in [0.3, 0.4) is 0 Å². The van der Waals surface area contributed by atoms with Crippen LogP contribution in [0, 0.1) is 0 Å². The summed E-state index contributed by atoms with van der Waals surface area (Å²) in [7, 11) is 0. The first-order valence-corrected chi connectivity index (χ1v) is 8.82. The molecular weight excluding hydrogens is 334 g/mol. The molecule has 1 saturated heterocycles. The van der Waals surface area contributed by atoms with Crippen molar-refractivity contribution in [1.82, 2.24) is 14.7 Å². The predicted octanol–water partition coefficient (Wildman–Crippen LogP) is 2.11. The summed E-state index contributed by atoms with van der Waals surface area (Å²) in [5.74, 6) is -0.924. The molecule has 1 N–H and O–H groups in total. The van der Waals surface area contributed by atoms with Gasteiger partial charge in [-0.3, -0.25) is 9.48 Å². The normalized spacial score (nSPS) is 19.4. The molecule has 3 heterocycles. The van der Waals surface area contributed by atoms with Crippen molar-refractivity contribution in [2.45, 2.75) is 32.4 Å². The molecule has 0 aliphatic carbocycles. The third-order valence-corrected chi connectivity index (χ3v) is 5.17. The molecule has 1 aromatic carbocycles. The lowest BCUT2D eigenvalue weighted by molar-refractivity contribution is -0.129. The topological polar surface area (TPSA) is 84.7 Å². The Kier molecular flexibility index (Phi) is 4.24. The van der Waals surface area contributed by atoms with Crippen LogP contribution in [0.4, 0.5) is 0 Å². The van der Waals surface area contributed by atoms with E-state index in [9.17, 15) is 14.7 Å². The van der Waals surface area contributed by atoms with E-state index < -0.39 is 5.97 Å². The van der Waals surface area contributed by atoms with Crippen molar-refractivity contribution in [3.05, 3.63) is 41.1 Å². The molecule has 26 heavy (non-hydrogen) atoms. The van der Waals surface area contributed by atoms with E-state index in [4.69, 9.17) is 9.84 Å². The molecule has 1 amide bonds. The summed E-state index contributed by atoms with van der Waals surface area (Å²) >= 11 is 0. The highest BCUT2D eigenvalue weighted by Gasteiger charge is 2.30. The lowest BCUT2D eigenvalue weighted by Crippen LogP contribution is -2.35. The van der Waals surface area contributed by atoms with Gasteiger partial charge < -0.3 is 14.7 Å². The Bertz CT molecular complexity index is 868. The number of carbonyl (C=O) groups is 2. The van der Waals surface area contributed by atoms with Crippen molar-refractivity contribution < 1.29 is 19.4 Å². The molecule has 2 aliphatic rings. The highest BCUT2D eigenvalue weighted by molar-refractivity contribution is 5.89. The zero-order valence-electron chi connectivity index (χ0n) is 14.6. The number of hydrogen-bond donors (Lipinski definition) is 1. The number of fused-ring (bicyclic) bond motifs is 1. The Morgan fingerprint density at radius 3 is 2.88 bits per heavy atom. The highest BCUT2D eigenvalue weighted by Crippen LogP contribution is 2.33. The average molecular weight is 355 g/mol. The quantitative estimate of drug-likeness (QED) is 0.912. The molecule has 1 unspecified atom stereocenters. The van der Waals surface area contributed by atoms with Crippen LogP contribution in [0.25, 0.3) is 11.3 Å². The summed E-state index contributed by atoms with van der Waals surface area (Å²) in [5, 5.41) is 14.1. The molecule has 1 fully saturated rings. The van der Waals surface area contributed by atoms with Gasteiger partial charge in [-0.15, -0.1) is 0 Å². The van der Waals surface area contributed by atoms with Crippen molar-refractivity contribution in [3.63, 3.8) is 0 Å². The Morgan fingerprint density at radius 1 is 1.35 bits per heavy atom. The van der Waals surface area contributed by atoms with E-state index in [1.807, 2.05) is 15.6 Å². The van der Waals surface area contributed by atoms with Gasteiger partial charge in [0, 0.05) is 49.9 Å². The van der Waals surface area contributed by atoms with E-state index in [-0.39, 0.29) is 17.5 Å². The number of rotatable bonds is 3. The second kappa shape index (κ2) is 6.57. The first-order chi connectivity index (χ1) is 12.5. The summed E-state index contributed by atoms with van der Waals surface area (Å²) in [5.41, 5.74) is 3.91. The fraction of sp³-hybridized carbons (Fsp3) is 0.421. The van der Waals surface area contributed by atoms with Crippen LogP contribution in [0.15, 0.2) is 24.3 Å². The molecule has 0 bridgehead atoms. The zero-order valence-corrected chi connectivity index (χ0v) is 14.6. The number of carbonyl (C=O) groups excluding carboxylic acids is 1. The standard InChI is InChI=1S/C19H21N3O4/c1-12(23)21-7-5-17-16(10-21)18(20-22(17)15-6-8-26-11-15)13-3-2-4-14(9-13)19(24)25/h2-4,9,15H,5-8,10-11H2,1H3,(H,24,25). The molecule has 0 spiro atoms. The number of nitrogens with zero attached hydrogens (tertiary/aromatic N) is 3. The Morgan fingerprint density at radius 2 is 2.19 bits per heavy atom. The molecular formula is C19H21N3O4. The number of hydrogen-bond acceptors (Lipinski definition) is 4. The van der Waals surface area contributed by atoms with Gasteiger partial charge in [0.1, 0.15) is 0 Å². The van der Waals surface area contributed by atoms with Crippen LogP contribution in [-0.4, -0.2) is 51.4 Å². The number of aromatic carboxylic acids is 1. The maximum atomic E-state index is 11.9. The predicted molar refractivity (Wildman–Crippen MR) is 93.9 cm³/mol. The third-order valence-electron chi connectivity index (χ3n) is 5.17. The average Bonchev–Trinajstić information content (AvgIpc) is 3.28. The number of aromatic nitrogens is 2. The fourth-order valence-electron chi connectivity index (χ4n) is 3.76. The van der Waals surface area contributed by atoms with Crippen molar-refractivity contribution in [2.24, 2.45) is 0 Å². The van der Waals surface area contributed by atoms with E-state index >= 15 is 0 Å². The summed E-state index contributed by atoms with van der Waals surface area (Å²) < 4.78 is 7.57. The monoisotopic (exact) mass is 355 g/mol. The lowest BCUT2D eigenvalue weighted by atomic mass is 9.99. The van der Waals surface area contributed by atoms with Crippen molar-refractivity contribution in [2.75, 3.05) is 19.8 Å². The highest BCUT2D eigenvalue weighted by atomic mass is 16.5. The Balaban J connectivity index is 1.82. The molecule has 4 rings (SSSR count). The number of amides is 1. The maximum Gasteiger partial charge on any atom is 0.335 e. The first kappa shape index (κ1) is 16.8. The molecule has 7 nitrogen and oxygen atoms in total. The van der Waals surface area contributed by atoms with Crippen LogP contribution < -0.4 is 0 Å². The molecule has 136 valence electrons. The van der Waals surface area contributed by atoms with E-state index in [2.05, 4.69) is 0 Å². The largest absolute Gasteiger partial charge is 0.478 e. The number of ether oxygens (including phenoxy) is 1. The molecule has 0 saturated carbocycles. The van der Waals surface area contributed by atoms with Gasteiger partial charge in [-0.2, -0.15) is 5.10 Å². The molecule has 1 atom stereocenters. The zero-order chi connectivity index (χ0) is 18.3. The summed E-state index contributed by atoms with van der Waals surface area (Å²) in [4.78, 5) is 25.0. The lowest BCUT2D eigenvalue weighted by Gasteiger charge is -2.27. The summed E-state index contributed by atoms with van der Waals surface area (Å²) in [6.07, 6.45) is 1.66. The number of carboxylic acids is 1. The maximum absolute atomic E-state index is 11.9. The molecule has 2 aromatic rings. The minimum Gasteiger partial charge on any atom is -0.478 e. The minimum atomic E-state index is -0.963. The van der Waals surface area contributed by atoms with Crippen LogP contribution in [0.2, 0.25) is 0 Å². The van der Waals surface area contributed by atoms with E-state index in [0.29, 0.717) is 19.7 Å².